The molecule has 1 aromatic carbocycles. The van der Waals surface area contributed by atoms with E-state index in [2.05, 4.69) is 4.98 Å². The minimum Gasteiger partial charge on any atom is -0.480 e. The van der Waals surface area contributed by atoms with Crippen molar-refractivity contribution in [1.29, 1.82) is 0 Å². The predicted octanol–water partition coefficient (Wildman–Crippen LogP) is 2.47. The fourth-order valence-electron chi connectivity index (χ4n) is 1.84. The fraction of sp³-hybridized carbons (Fsp3) is 0.286. The second kappa shape index (κ2) is 6.17. The van der Waals surface area contributed by atoms with Crippen LogP contribution in [0.4, 0.5) is 5.69 Å². The Morgan fingerprint density at radius 1 is 1.38 bits per heavy atom. The molecule has 0 fully saturated rings. The van der Waals surface area contributed by atoms with Gasteiger partial charge in [-0.25, -0.2) is 4.79 Å². The number of nitrogens with zero attached hydrogens (tertiary/aromatic N) is 2. The zero-order chi connectivity index (χ0) is 15.4. The highest BCUT2D eigenvalue weighted by atomic mass is 16.6. The van der Waals surface area contributed by atoms with E-state index in [-0.39, 0.29) is 18.4 Å². The minimum atomic E-state index is -0.507. The zero-order valence-corrected chi connectivity index (χ0v) is 11.6. The molecule has 0 saturated heterocycles. The Morgan fingerprint density at radius 3 is 2.81 bits per heavy atom. The molecule has 0 amide bonds. The molecule has 1 heterocycles. The number of benzene rings is 1. The zero-order valence-electron chi connectivity index (χ0n) is 11.6. The average molecular weight is 290 g/mol. The summed E-state index contributed by atoms with van der Waals surface area (Å²) in [6.07, 6.45) is 1.28. The van der Waals surface area contributed by atoms with Crippen molar-refractivity contribution in [3.63, 3.8) is 0 Å². The maximum Gasteiger partial charge on any atom is 0.344 e. The van der Waals surface area contributed by atoms with Crippen LogP contribution < -0.4 is 4.74 Å². The lowest BCUT2D eigenvalue weighted by Gasteiger charge is -2.10. The summed E-state index contributed by atoms with van der Waals surface area (Å²) in [5.41, 5.74) is 0.277. The largest absolute Gasteiger partial charge is 0.480 e. The number of fused-ring (bicyclic) bond motifs is 1. The molecule has 21 heavy (non-hydrogen) atoms. The second-order valence-electron chi connectivity index (χ2n) is 4.57. The smallest absolute Gasteiger partial charge is 0.344 e. The molecule has 0 aliphatic heterocycles. The molecule has 0 atom stereocenters. The Bertz CT molecular complexity index is 684. The third-order valence-electron chi connectivity index (χ3n) is 2.62. The standard InChI is InChI=1S/C14H14N2O5/c1-9(2)21-13(17)8-20-12-6-5-11(16(18)19)10-4-3-7-15-14(10)12/h3-7,9H,8H2,1-2H3. The Balaban J connectivity index is 2.27. The summed E-state index contributed by atoms with van der Waals surface area (Å²) in [5, 5.41) is 11.3. The number of aromatic nitrogens is 1. The summed E-state index contributed by atoms with van der Waals surface area (Å²) in [6.45, 7) is 3.20. The number of esters is 1. The topological polar surface area (TPSA) is 91.6 Å². The Morgan fingerprint density at radius 2 is 2.14 bits per heavy atom. The molecule has 0 aliphatic carbocycles. The van der Waals surface area contributed by atoms with Crippen molar-refractivity contribution in [2.45, 2.75) is 20.0 Å². The van der Waals surface area contributed by atoms with Gasteiger partial charge in [-0.2, -0.15) is 0 Å². The highest BCUT2D eigenvalue weighted by Crippen LogP contribution is 2.31. The van der Waals surface area contributed by atoms with E-state index in [0.717, 1.165) is 0 Å². The number of hydrogen-bond acceptors (Lipinski definition) is 6. The normalized spacial score (nSPS) is 10.6. The van der Waals surface area contributed by atoms with Crippen molar-refractivity contribution in [2.75, 3.05) is 6.61 Å². The van der Waals surface area contributed by atoms with Gasteiger partial charge in [0.2, 0.25) is 0 Å². The van der Waals surface area contributed by atoms with Crippen LogP contribution in [0.1, 0.15) is 13.8 Å². The first kappa shape index (κ1) is 14.7. The number of ether oxygens (including phenoxy) is 2. The molecule has 1 aromatic heterocycles. The van der Waals surface area contributed by atoms with Gasteiger partial charge >= 0.3 is 5.97 Å². The van der Waals surface area contributed by atoms with Crippen molar-refractivity contribution < 1.29 is 19.2 Å². The van der Waals surface area contributed by atoms with E-state index in [9.17, 15) is 14.9 Å². The summed E-state index contributed by atoms with van der Waals surface area (Å²) in [7, 11) is 0. The van der Waals surface area contributed by atoms with Gasteiger partial charge in [-0.05, 0) is 32.0 Å². The van der Waals surface area contributed by atoms with E-state index in [1.807, 2.05) is 0 Å². The van der Waals surface area contributed by atoms with Crippen LogP contribution in [0.3, 0.4) is 0 Å². The van der Waals surface area contributed by atoms with Gasteiger partial charge in [-0.15, -0.1) is 0 Å². The third kappa shape index (κ3) is 3.44. The van der Waals surface area contributed by atoms with Gasteiger partial charge in [0.15, 0.2) is 6.61 Å². The van der Waals surface area contributed by atoms with Crippen LogP contribution in [-0.4, -0.2) is 28.6 Å². The molecule has 2 rings (SSSR count). The molecular formula is C14H14N2O5. The first-order chi connectivity index (χ1) is 9.99. The molecular weight excluding hydrogens is 276 g/mol. The molecule has 7 nitrogen and oxygen atoms in total. The lowest BCUT2D eigenvalue weighted by atomic mass is 10.1. The van der Waals surface area contributed by atoms with Crippen LogP contribution >= 0.6 is 0 Å². The fourth-order valence-corrected chi connectivity index (χ4v) is 1.84. The second-order valence-corrected chi connectivity index (χ2v) is 4.57. The quantitative estimate of drug-likeness (QED) is 0.477. The van der Waals surface area contributed by atoms with Gasteiger partial charge in [-0.1, -0.05) is 0 Å². The number of hydrogen-bond donors (Lipinski definition) is 0. The van der Waals surface area contributed by atoms with Crippen molar-refractivity contribution >= 4 is 22.6 Å². The van der Waals surface area contributed by atoms with Gasteiger partial charge in [0.25, 0.3) is 5.69 Å². The molecule has 2 aromatic rings. The van der Waals surface area contributed by atoms with Gasteiger partial charge in [-0.3, -0.25) is 15.1 Å². The number of nitro groups is 1. The molecule has 7 heteroatoms. The molecule has 0 saturated carbocycles. The minimum absolute atomic E-state index is 0.0600. The molecule has 0 spiro atoms. The SMILES string of the molecule is CC(C)OC(=O)COc1ccc([N+](=O)[O-])c2cccnc12. The number of rotatable bonds is 5. The Kier molecular flexibility index (Phi) is 4.32. The van der Waals surface area contributed by atoms with E-state index >= 15 is 0 Å². The van der Waals surface area contributed by atoms with E-state index in [1.165, 1.54) is 18.3 Å². The summed E-state index contributed by atoms with van der Waals surface area (Å²) < 4.78 is 10.3. The first-order valence-electron chi connectivity index (χ1n) is 6.33. The number of pyridine rings is 1. The van der Waals surface area contributed by atoms with Crippen LogP contribution in [0.2, 0.25) is 0 Å². The molecule has 110 valence electrons. The number of carbonyl (C=O) groups excluding carboxylic acids is 1. The van der Waals surface area contributed by atoms with Crippen molar-refractivity contribution in [1.82, 2.24) is 4.98 Å². The van der Waals surface area contributed by atoms with Gasteiger partial charge in [0.1, 0.15) is 11.3 Å². The lowest BCUT2D eigenvalue weighted by molar-refractivity contribution is -0.383. The van der Waals surface area contributed by atoms with Crippen LogP contribution in [-0.2, 0) is 9.53 Å². The summed E-state index contributed by atoms with van der Waals surface area (Å²) in [6, 6.07) is 5.94. The maximum atomic E-state index is 11.5. The van der Waals surface area contributed by atoms with Crippen molar-refractivity contribution in [3.8, 4) is 5.75 Å². The molecule has 0 N–H and O–H groups in total. The highest BCUT2D eigenvalue weighted by molar-refractivity contribution is 5.92. The highest BCUT2D eigenvalue weighted by Gasteiger charge is 2.16. The van der Waals surface area contributed by atoms with Gasteiger partial charge in [0, 0.05) is 12.3 Å². The average Bonchev–Trinajstić information content (AvgIpc) is 2.43. The van der Waals surface area contributed by atoms with Gasteiger partial charge < -0.3 is 9.47 Å². The molecule has 0 aliphatic rings. The molecule has 0 radical (unpaired) electrons. The van der Waals surface area contributed by atoms with E-state index in [1.54, 1.807) is 26.0 Å². The molecule has 0 bridgehead atoms. The van der Waals surface area contributed by atoms with Crippen molar-refractivity contribution in [3.05, 3.63) is 40.6 Å². The number of carbonyl (C=O) groups is 1. The van der Waals surface area contributed by atoms with Crippen LogP contribution in [0.5, 0.6) is 5.75 Å². The number of nitro benzene ring substituents is 1. The monoisotopic (exact) mass is 290 g/mol. The van der Waals surface area contributed by atoms with Crippen LogP contribution in [0, 0.1) is 10.1 Å². The van der Waals surface area contributed by atoms with Crippen LogP contribution in [0.15, 0.2) is 30.5 Å². The van der Waals surface area contributed by atoms with E-state index < -0.39 is 10.9 Å². The van der Waals surface area contributed by atoms with Gasteiger partial charge in [0.05, 0.1) is 16.4 Å². The molecule has 0 unspecified atom stereocenters. The number of non-ortho nitro benzene ring substituents is 1. The van der Waals surface area contributed by atoms with E-state index in [0.29, 0.717) is 16.7 Å². The maximum absolute atomic E-state index is 11.5. The van der Waals surface area contributed by atoms with Crippen molar-refractivity contribution in [2.24, 2.45) is 0 Å². The summed E-state index contributed by atoms with van der Waals surface area (Å²) in [5.74, 6) is -0.204. The Labute approximate surface area is 120 Å². The lowest BCUT2D eigenvalue weighted by Crippen LogP contribution is -2.18. The summed E-state index contributed by atoms with van der Waals surface area (Å²) in [4.78, 5) is 26.0. The van der Waals surface area contributed by atoms with E-state index in [4.69, 9.17) is 9.47 Å². The Hall–Kier alpha value is -2.70. The third-order valence-corrected chi connectivity index (χ3v) is 2.62. The summed E-state index contributed by atoms with van der Waals surface area (Å²) >= 11 is 0. The van der Waals surface area contributed by atoms with Crippen LogP contribution in [0.25, 0.3) is 10.9 Å². The first-order valence-corrected chi connectivity index (χ1v) is 6.33. The predicted molar refractivity (Wildman–Crippen MR) is 75.1 cm³/mol.